The first-order valence-electron chi connectivity index (χ1n) is 6.46. The number of hydrogen-bond acceptors (Lipinski definition) is 3. The Morgan fingerprint density at radius 1 is 1.21 bits per heavy atom. The van der Waals surface area contributed by atoms with Crippen molar-refractivity contribution in [3.05, 3.63) is 36.0 Å². The Balaban J connectivity index is 0.00000180. The molecule has 0 unspecified atom stereocenters. The van der Waals surface area contributed by atoms with Gasteiger partial charge in [-0.2, -0.15) is 0 Å². The summed E-state index contributed by atoms with van der Waals surface area (Å²) in [4.78, 5) is 4.19. The number of nitrogens with zero attached hydrogens (tertiary/aromatic N) is 1. The lowest BCUT2D eigenvalue weighted by Gasteiger charge is -2.08. The molecule has 3 nitrogen and oxygen atoms in total. The highest BCUT2D eigenvalue weighted by atomic mass is 35.5. The molecule has 0 saturated carbocycles. The number of fused-ring (bicyclic) bond motifs is 1. The van der Waals surface area contributed by atoms with Crippen LogP contribution in [0, 0.1) is 0 Å². The quantitative estimate of drug-likeness (QED) is 0.812. The smallest absolute Gasteiger partial charge is 0.141 e. The zero-order valence-electron chi connectivity index (χ0n) is 11.1. The lowest BCUT2D eigenvalue weighted by Crippen LogP contribution is -1.96. The van der Waals surface area contributed by atoms with Crippen LogP contribution < -0.4 is 0 Å². The maximum atomic E-state index is 9.73. The first-order valence-corrected chi connectivity index (χ1v) is 6.46. The Bertz CT molecular complexity index is 516. The first kappa shape index (κ1) is 15.7. The molecule has 1 heterocycles. The van der Waals surface area contributed by atoms with Gasteiger partial charge in [0.05, 0.1) is 6.61 Å². The third-order valence-corrected chi connectivity index (χ3v) is 2.99. The molecule has 1 aromatic heterocycles. The molecule has 0 spiro atoms. The first-order chi connectivity index (χ1) is 8.83. The summed E-state index contributed by atoms with van der Waals surface area (Å²) in [6, 6.07) is 7.42. The lowest BCUT2D eigenvalue weighted by atomic mass is 10.1. The molecule has 0 aliphatic heterocycles. The summed E-state index contributed by atoms with van der Waals surface area (Å²) in [6.45, 7) is 3.54. The van der Waals surface area contributed by atoms with Crippen LogP contribution in [0.15, 0.2) is 30.5 Å². The van der Waals surface area contributed by atoms with Crippen LogP contribution in [0.4, 0.5) is 0 Å². The summed E-state index contributed by atoms with van der Waals surface area (Å²) in [7, 11) is 0. The van der Waals surface area contributed by atoms with Crippen LogP contribution in [-0.2, 0) is 11.3 Å². The van der Waals surface area contributed by atoms with Crippen molar-refractivity contribution in [2.75, 3.05) is 6.61 Å². The van der Waals surface area contributed by atoms with Crippen molar-refractivity contribution in [3.63, 3.8) is 0 Å². The lowest BCUT2D eigenvalue weighted by molar-refractivity contribution is 0.118. The minimum atomic E-state index is 0. The van der Waals surface area contributed by atoms with Gasteiger partial charge < -0.3 is 9.84 Å². The van der Waals surface area contributed by atoms with E-state index in [9.17, 15) is 5.11 Å². The molecule has 0 aliphatic rings. The van der Waals surface area contributed by atoms with Crippen molar-refractivity contribution in [3.8, 4) is 5.75 Å². The van der Waals surface area contributed by atoms with E-state index in [2.05, 4.69) is 11.9 Å². The van der Waals surface area contributed by atoms with Crippen molar-refractivity contribution < 1.29 is 9.84 Å². The van der Waals surface area contributed by atoms with E-state index in [1.165, 1.54) is 12.8 Å². The fraction of sp³-hybridized carbons (Fsp3) is 0.400. The van der Waals surface area contributed by atoms with Gasteiger partial charge in [0.1, 0.15) is 11.3 Å². The molecule has 104 valence electrons. The third-order valence-electron chi connectivity index (χ3n) is 2.99. The standard InChI is InChI=1S/C15H19NO2.ClH/c1-2-3-4-10-18-11-12-7-8-14(17)15-13(12)6-5-9-16-15;/h5-9,17H,2-4,10-11H2,1H3;1H. The summed E-state index contributed by atoms with van der Waals surface area (Å²) in [6.07, 6.45) is 5.20. The van der Waals surface area contributed by atoms with Gasteiger partial charge in [0.15, 0.2) is 0 Å². The zero-order valence-corrected chi connectivity index (χ0v) is 11.9. The number of aromatic hydroxyl groups is 1. The second kappa shape index (κ2) is 7.97. The number of ether oxygens (including phenoxy) is 1. The molecule has 0 saturated heterocycles. The van der Waals surface area contributed by atoms with Gasteiger partial charge in [-0.05, 0) is 24.1 Å². The van der Waals surface area contributed by atoms with Gasteiger partial charge in [0, 0.05) is 18.2 Å². The predicted octanol–water partition coefficient (Wildman–Crippen LogP) is 4.07. The molecule has 0 amide bonds. The third kappa shape index (κ3) is 4.08. The van der Waals surface area contributed by atoms with Crippen LogP contribution in [0.25, 0.3) is 10.9 Å². The van der Waals surface area contributed by atoms with Gasteiger partial charge in [-0.3, -0.25) is 4.98 Å². The maximum absolute atomic E-state index is 9.73. The van der Waals surface area contributed by atoms with E-state index in [-0.39, 0.29) is 18.2 Å². The number of benzene rings is 1. The fourth-order valence-electron chi connectivity index (χ4n) is 1.98. The second-order valence-corrected chi connectivity index (χ2v) is 4.40. The van der Waals surface area contributed by atoms with Crippen LogP contribution in [0.2, 0.25) is 0 Å². The Kier molecular flexibility index (Phi) is 6.60. The topological polar surface area (TPSA) is 42.4 Å². The van der Waals surface area contributed by atoms with E-state index in [0.717, 1.165) is 24.0 Å². The summed E-state index contributed by atoms with van der Waals surface area (Å²) in [5, 5.41) is 10.7. The van der Waals surface area contributed by atoms with E-state index < -0.39 is 0 Å². The van der Waals surface area contributed by atoms with Crippen molar-refractivity contribution in [1.29, 1.82) is 0 Å². The van der Waals surface area contributed by atoms with Gasteiger partial charge >= 0.3 is 0 Å². The monoisotopic (exact) mass is 281 g/mol. The number of aromatic nitrogens is 1. The van der Waals surface area contributed by atoms with E-state index in [1.807, 2.05) is 18.2 Å². The van der Waals surface area contributed by atoms with Crippen LogP contribution in [0.3, 0.4) is 0 Å². The minimum absolute atomic E-state index is 0. The fourth-order valence-corrected chi connectivity index (χ4v) is 1.98. The molecule has 1 N–H and O–H groups in total. The summed E-state index contributed by atoms with van der Waals surface area (Å²) < 4.78 is 5.66. The second-order valence-electron chi connectivity index (χ2n) is 4.40. The van der Waals surface area contributed by atoms with Crippen molar-refractivity contribution in [1.82, 2.24) is 4.98 Å². The van der Waals surface area contributed by atoms with Gasteiger partial charge in [-0.25, -0.2) is 0 Å². The predicted molar refractivity (Wildman–Crippen MR) is 79.8 cm³/mol. The molecule has 0 atom stereocenters. The SMILES string of the molecule is CCCCCOCc1ccc(O)c2ncccc12.Cl. The number of rotatable bonds is 6. The Morgan fingerprint density at radius 2 is 2.05 bits per heavy atom. The molecule has 0 fully saturated rings. The zero-order chi connectivity index (χ0) is 12.8. The van der Waals surface area contributed by atoms with Gasteiger partial charge in [0.25, 0.3) is 0 Å². The van der Waals surface area contributed by atoms with Crippen molar-refractivity contribution in [2.45, 2.75) is 32.8 Å². The van der Waals surface area contributed by atoms with E-state index in [4.69, 9.17) is 4.74 Å². The van der Waals surface area contributed by atoms with Gasteiger partial charge in [-0.15, -0.1) is 12.4 Å². The van der Waals surface area contributed by atoms with E-state index in [1.54, 1.807) is 12.3 Å². The average Bonchev–Trinajstić information content (AvgIpc) is 2.41. The number of halogens is 1. The number of unbranched alkanes of at least 4 members (excludes halogenated alkanes) is 2. The molecule has 0 radical (unpaired) electrons. The van der Waals surface area contributed by atoms with Crippen molar-refractivity contribution in [2.24, 2.45) is 0 Å². The normalized spacial score (nSPS) is 10.4. The molecular weight excluding hydrogens is 262 g/mol. The summed E-state index contributed by atoms with van der Waals surface area (Å²) in [5.41, 5.74) is 1.72. The Hall–Kier alpha value is -1.32. The highest BCUT2D eigenvalue weighted by Gasteiger charge is 2.05. The van der Waals surface area contributed by atoms with Crippen molar-refractivity contribution >= 4 is 23.3 Å². The Morgan fingerprint density at radius 3 is 2.84 bits per heavy atom. The molecule has 2 rings (SSSR count). The summed E-state index contributed by atoms with van der Waals surface area (Å²) >= 11 is 0. The molecule has 4 heteroatoms. The molecule has 2 aromatic rings. The molecule has 1 aromatic carbocycles. The summed E-state index contributed by atoms with van der Waals surface area (Å²) in [5.74, 6) is 0.223. The van der Waals surface area contributed by atoms with Crippen LogP contribution in [0.5, 0.6) is 5.75 Å². The number of pyridine rings is 1. The minimum Gasteiger partial charge on any atom is -0.506 e. The highest BCUT2D eigenvalue weighted by Crippen LogP contribution is 2.25. The maximum Gasteiger partial charge on any atom is 0.141 e. The van der Waals surface area contributed by atoms with Gasteiger partial charge in [-0.1, -0.05) is 31.9 Å². The van der Waals surface area contributed by atoms with Crippen LogP contribution in [0.1, 0.15) is 31.7 Å². The van der Waals surface area contributed by atoms with E-state index in [0.29, 0.717) is 12.1 Å². The molecule has 0 bridgehead atoms. The van der Waals surface area contributed by atoms with Crippen LogP contribution >= 0.6 is 12.4 Å². The van der Waals surface area contributed by atoms with Gasteiger partial charge in [0.2, 0.25) is 0 Å². The van der Waals surface area contributed by atoms with E-state index >= 15 is 0 Å². The number of phenolic OH excluding ortho intramolecular Hbond substituents is 1. The molecule has 0 aliphatic carbocycles. The largest absolute Gasteiger partial charge is 0.506 e. The highest BCUT2D eigenvalue weighted by molar-refractivity contribution is 5.87. The Labute approximate surface area is 120 Å². The average molecular weight is 282 g/mol. The number of hydrogen-bond donors (Lipinski definition) is 1. The molecule has 19 heavy (non-hydrogen) atoms. The number of phenols is 1. The van der Waals surface area contributed by atoms with Crippen LogP contribution in [-0.4, -0.2) is 16.7 Å². The molecular formula is C15H20ClNO2.